The van der Waals surface area contributed by atoms with Gasteiger partial charge in [-0.15, -0.1) is 5.10 Å². The van der Waals surface area contributed by atoms with Crippen LogP contribution in [0.25, 0.3) is 17.5 Å². The van der Waals surface area contributed by atoms with Gasteiger partial charge in [-0.25, -0.2) is 0 Å². The third kappa shape index (κ3) is 4.32. The smallest absolute Gasteiger partial charge is 0.322 e. The van der Waals surface area contributed by atoms with E-state index in [9.17, 15) is 4.79 Å². The van der Waals surface area contributed by atoms with Crippen LogP contribution in [0.15, 0.2) is 65.1 Å². The molecule has 0 atom stereocenters. The van der Waals surface area contributed by atoms with Crippen molar-refractivity contribution in [3.05, 3.63) is 66.2 Å². The molecule has 3 aromatic rings. The van der Waals surface area contributed by atoms with Crippen molar-refractivity contribution in [1.82, 2.24) is 10.2 Å². The van der Waals surface area contributed by atoms with Gasteiger partial charge in [0.05, 0.1) is 12.2 Å². The largest absolute Gasteiger partial charge is 0.493 e. The average Bonchev–Trinajstić information content (AvgIpc) is 3.10. The molecule has 0 saturated carbocycles. The fourth-order valence-electron chi connectivity index (χ4n) is 2.19. The minimum absolute atomic E-state index is 0.0315. The van der Waals surface area contributed by atoms with Gasteiger partial charge in [0.2, 0.25) is 0 Å². The van der Waals surface area contributed by atoms with Crippen molar-refractivity contribution in [2.45, 2.75) is 6.92 Å². The van der Waals surface area contributed by atoms with Crippen LogP contribution in [-0.4, -0.2) is 22.7 Å². The van der Waals surface area contributed by atoms with Gasteiger partial charge in [0.25, 0.3) is 11.8 Å². The Morgan fingerprint density at radius 1 is 1.12 bits per heavy atom. The summed E-state index contributed by atoms with van der Waals surface area (Å²) in [4.78, 5) is 12.0. The number of para-hydroxylation sites is 1. The molecule has 0 aliphatic heterocycles. The van der Waals surface area contributed by atoms with Crippen molar-refractivity contribution in [1.29, 1.82) is 0 Å². The van der Waals surface area contributed by atoms with E-state index in [1.54, 1.807) is 6.08 Å². The summed E-state index contributed by atoms with van der Waals surface area (Å²) in [7, 11) is 0. The Hall–Kier alpha value is -3.41. The summed E-state index contributed by atoms with van der Waals surface area (Å²) < 4.78 is 11.1. The number of hydrogen-bond donors (Lipinski definition) is 1. The van der Waals surface area contributed by atoms with Crippen LogP contribution in [-0.2, 0) is 4.79 Å². The van der Waals surface area contributed by atoms with E-state index in [1.807, 2.05) is 61.5 Å². The number of anilines is 1. The first kappa shape index (κ1) is 16.4. The molecule has 25 heavy (non-hydrogen) atoms. The van der Waals surface area contributed by atoms with E-state index in [0.717, 1.165) is 5.56 Å². The monoisotopic (exact) mass is 335 g/mol. The maximum Gasteiger partial charge on any atom is 0.322 e. The quantitative estimate of drug-likeness (QED) is 0.694. The number of carbonyl (C=O) groups is 1. The van der Waals surface area contributed by atoms with E-state index >= 15 is 0 Å². The predicted molar refractivity (Wildman–Crippen MR) is 95.0 cm³/mol. The number of carbonyl (C=O) groups excluding carboxylic acids is 1. The van der Waals surface area contributed by atoms with Gasteiger partial charge >= 0.3 is 6.01 Å². The van der Waals surface area contributed by atoms with E-state index in [2.05, 4.69) is 15.5 Å². The number of aromatic nitrogens is 2. The Balaban J connectivity index is 1.70. The first-order valence-corrected chi connectivity index (χ1v) is 7.86. The van der Waals surface area contributed by atoms with Gasteiger partial charge in [-0.05, 0) is 30.7 Å². The number of hydrogen-bond acceptors (Lipinski definition) is 5. The summed E-state index contributed by atoms with van der Waals surface area (Å²) in [6, 6.07) is 16.9. The zero-order valence-corrected chi connectivity index (χ0v) is 13.7. The Morgan fingerprint density at radius 3 is 2.68 bits per heavy atom. The molecule has 0 aliphatic rings. The normalized spacial score (nSPS) is 10.8. The molecular weight excluding hydrogens is 318 g/mol. The lowest BCUT2D eigenvalue weighted by molar-refractivity contribution is -0.112. The molecule has 1 heterocycles. The second kappa shape index (κ2) is 7.92. The second-order valence-electron chi connectivity index (χ2n) is 5.07. The molecule has 0 bridgehead atoms. The average molecular weight is 335 g/mol. The first-order chi connectivity index (χ1) is 12.3. The van der Waals surface area contributed by atoms with Gasteiger partial charge in [-0.3, -0.25) is 10.1 Å². The van der Waals surface area contributed by atoms with E-state index in [4.69, 9.17) is 9.15 Å². The van der Waals surface area contributed by atoms with Crippen LogP contribution in [0, 0.1) is 0 Å². The lowest BCUT2D eigenvalue weighted by atomic mass is 10.2. The molecule has 126 valence electrons. The third-order valence-corrected chi connectivity index (χ3v) is 3.30. The molecule has 0 spiro atoms. The van der Waals surface area contributed by atoms with Crippen LogP contribution in [0.5, 0.6) is 5.75 Å². The maximum absolute atomic E-state index is 12.0. The summed E-state index contributed by atoms with van der Waals surface area (Å²) in [5, 5.41) is 10.4. The molecule has 1 amide bonds. The van der Waals surface area contributed by atoms with E-state index < -0.39 is 0 Å². The Morgan fingerprint density at radius 2 is 1.88 bits per heavy atom. The van der Waals surface area contributed by atoms with Crippen LogP contribution < -0.4 is 10.1 Å². The van der Waals surface area contributed by atoms with Crippen molar-refractivity contribution in [3.8, 4) is 17.2 Å². The summed E-state index contributed by atoms with van der Waals surface area (Å²) in [6.07, 6.45) is 3.12. The number of rotatable bonds is 6. The molecule has 0 radical (unpaired) electrons. The number of ether oxygens (including phenoxy) is 1. The summed E-state index contributed by atoms with van der Waals surface area (Å²) in [5.41, 5.74) is 1.60. The standard InChI is InChI=1S/C19H17N3O3/c1-2-24-16-11-7-6-10-15(16)18-21-22-19(25-18)20-17(23)13-12-14-8-4-3-5-9-14/h3-13H,2H2,1H3,(H,20,22,23)/b13-12+. The molecule has 0 saturated heterocycles. The fraction of sp³-hybridized carbons (Fsp3) is 0.105. The van der Waals surface area contributed by atoms with Crippen LogP contribution in [0.2, 0.25) is 0 Å². The van der Waals surface area contributed by atoms with Gasteiger partial charge in [0.15, 0.2) is 0 Å². The molecule has 1 aromatic heterocycles. The lowest BCUT2D eigenvalue weighted by Crippen LogP contribution is -2.07. The highest BCUT2D eigenvalue weighted by molar-refractivity contribution is 6.00. The van der Waals surface area contributed by atoms with Crippen LogP contribution >= 0.6 is 0 Å². The highest BCUT2D eigenvalue weighted by Crippen LogP contribution is 2.29. The van der Waals surface area contributed by atoms with E-state index in [-0.39, 0.29) is 17.8 Å². The third-order valence-electron chi connectivity index (χ3n) is 3.30. The van der Waals surface area contributed by atoms with Gasteiger partial charge in [-0.1, -0.05) is 47.6 Å². The highest BCUT2D eigenvalue weighted by atomic mass is 16.5. The van der Waals surface area contributed by atoms with Crippen molar-refractivity contribution in [2.75, 3.05) is 11.9 Å². The van der Waals surface area contributed by atoms with Crippen molar-refractivity contribution in [3.63, 3.8) is 0 Å². The molecule has 1 N–H and O–H groups in total. The predicted octanol–water partition coefficient (Wildman–Crippen LogP) is 3.79. The molecule has 6 nitrogen and oxygen atoms in total. The molecule has 2 aromatic carbocycles. The van der Waals surface area contributed by atoms with Crippen LogP contribution in [0.3, 0.4) is 0 Å². The molecular formula is C19H17N3O3. The zero-order chi connectivity index (χ0) is 17.5. The van der Waals surface area contributed by atoms with Crippen LogP contribution in [0.4, 0.5) is 6.01 Å². The van der Waals surface area contributed by atoms with Crippen molar-refractivity contribution in [2.24, 2.45) is 0 Å². The first-order valence-electron chi connectivity index (χ1n) is 7.86. The van der Waals surface area contributed by atoms with Gasteiger partial charge in [-0.2, -0.15) is 0 Å². The number of nitrogens with one attached hydrogen (secondary N) is 1. The summed E-state index contributed by atoms with van der Waals surface area (Å²) in [6.45, 7) is 2.42. The van der Waals surface area contributed by atoms with Gasteiger partial charge in [0.1, 0.15) is 5.75 Å². The molecule has 3 rings (SSSR count). The van der Waals surface area contributed by atoms with Crippen molar-refractivity contribution >= 4 is 18.0 Å². The Bertz CT molecular complexity index is 872. The molecule has 0 aliphatic carbocycles. The number of benzene rings is 2. The topological polar surface area (TPSA) is 77.3 Å². The SMILES string of the molecule is CCOc1ccccc1-c1nnc(NC(=O)/C=C/c2ccccc2)o1. The maximum atomic E-state index is 12.0. The minimum Gasteiger partial charge on any atom is -0.493 e. The van der Waals surface area contributed by atoms with E-state index in [0.29, 0.717) is 17.9 Å². The molecule has 6 heteroatoms. The van der Waals surface area contributed by atoms with E-state index in [1.165, 1.54) is 6.08 Å². The van der Waals surface area contributed by atoms with Gasteiger partial charge in [0, 0.05) is 6.08 Å². The molecule has 0 fully saturated rings. The Labute approximate surface area is 145 Å². The molecule has 0 unspecified atom stereocenters. The number of nitrogens with zero attached hydrogens (tertiary/aromatic N) is 2. The zero-order valence-electron chi connectivity index (χ0n) is 13.7. The van der Waals surface area contributed by atoms with Crippen LogP contribution in [0.1, 0.15) is 12.5 Å². The lowest BCUT2D eigenvalue weighted by Gasteiger charge is -2.06. The summed E-state index contributed by atoms with van der Waals surface area (Å²) >= 11 is 0. The Kier molecular flexibility index (Phi) is 5.21. The minimum atomic E-state index is -0.350. The second-order valence-corrected chi connectivity index (χ2v) is 5.07. The highest BCUT2D eigenvalue weighted by Gasteiger charge is 2.14. The van der Waals surface area contributed by atoms with Crippen molar-refractivity contribution < 1.29 is 13.9 Å². The number of amides is 1. The fourth-order valence-corrected chi connectivity index (χ4v) is 2.19. The summed E-state index contributed by atoms with van der Waals surface area (Å²) in [5.74, 6) is 0.582. The van der Waals surface area contributed by atoms with Gasteiger partial charge < -0.3 is 9.15 Å².